The number of carbonyl (C=O) groups is 1. The fraction of sp³-hybridized carbons (Fsp3) is 0.217. The summed E-state index contributed by atoms with van der Waals surface area (Å²) >= 11 is 0. The second kappa shape index (κ2) is 8.04. The van der Waals surface area contributed by atoms with Crippen LogP contribution < -0.4 is 0 Å². The summed E-state index contributed by atoms with van der Waals surface area (Å²) in [7, 11) is 0. The van der Waals surface area contributed by atoms with Gasteiger partial charge in [-0.05, 0) is 35.6 Å². The van der Waals surface area contributed by atoms with E-state index in [1.165, 1.54) is 0 Å². The van der Waals surface area contributed by atoms with E-state index in [4.69, 9.17) is 4.74 Å². The number of hydrogen-bond donors (Lipinski definition) is 0. The van der Waals surface area contributed by atoms with Crippen LogP contribution in [0.1, 0.15) is 41.6 Å². The van der Waals surface area contributed by atoms with Crippen molar-refractivity contribution in [2.75, 3.05) is 0 Å². The standard InChI is InChI=1S/C23H22N2O2/c26-23(27-17-18-8-3-1-4-9-18)25-21(19-10-5-2-6-11-19)13-14-22(25)20-12-7-15-24-16-20/h1-12,15-16,21-22H,13-14,17H2/t21-,22+/m0/s1. The van der Waals surface area contributed by atoms with Gasteiger partial charge in [0, 0.05) is 12.4 Å². The van der Waals surface area contributed by atoms with E-state index in [9.17, 15) is 4.79 Å². The van der Waals surface area contributed by atoms with Crippen molar-refractivity contribution in [2.24, 2.45) is 0 Å². The first kappa shape index (κ1) is 17.3. The summed E-state index contributed by atoms with van der Waals surface area (Å²) in [4.78, 5) is 19.2. The van der Waals surface area contributed by atoms with Gasteiger partial charge in [-0.25, -0.2) is 4.79 Å². The van der Waals surface area contributed by atoms with Gasteiger partial charge in [-0.15, -0.1) is 0 Å². The number of carbonyl (C=O) groups excluding carboxylic acids is 1. The fourth-order valence-corrected chi connectivity index (χ4v) is 3.76. The van der Waals surface area contributed by atoms with Gasteiger partial charge in [0.25, 0.3) is 0 Å². The van der Waals surface area contributed by atoms with E-state index in [2.05, 4.69) is 17.1 Å². The Bertz CT molecular complexity index is 821. The van der Waals surface area contributed by atoms with Gasteiger partial charge in [0.05, 0.1) is 12.1 Å². The summed E-state index contributed by atoms with van der Waals surface area (Å²) in [5.74, 6) is 0. The van der Waals surface area contributed by atoms with Gasteiger partial charge in [0.1, 0.15) is 6.61 Å². The topological polar surface area (TPSA) is 42.4 Å². The molecule has 1 saturated heterocycles. The predicted octanol–water partition coefficient (Wildman–Crippen LogP) is 5.30. The summed E-state index contributed by atoms with van der Waals surface area (Å²) in [6, 6.07) is 23.9. The number of rotatable bonds is 4. The molecule has 0 spiro atoms. The Morgan fingerprint density at radius 3 is 2.19 bits per heavy atom. The van der Waals surface area contributed by atoms with Gasteiger partial charge in [0.15, 0.2) is 0 Å². The summed E-state index contributed by atoms with van der Waals surface area (Å²) in [6.07, 6.45) is 5.12. The molecule has 1 aliphatic heterocycles. The van der Waals surface area contributed by atoms with Crippen LogP contribution in [0.3, 0.4) is 0 Å². The Morgan fingerprint density at radius 1 is 0.889 bits per heavy atom. The molecule has 0 radical (unpaired) electrons. The van der Waals surface area contributed by atoms with Crippen molar-refractivity contribution in [2.45, 2.75) is 31.5 Å². The van der Waals surface area contributed by atoms with Crippen LogP contribution >= 0.6 is 0 Å². The zero-order valence-corrected chi connectivity index (χ0v) is 15.1. The van der Waals surface area contributed by atoms with Crippen molar-refractivity contribution in [3.8, 4) is 0 Å². The van der Waals surface area contributed by atoms with Crippen LogP contribution in [-0.4, -0.2) is 16.0 Å². The second-order valence-corrected chi connectivity index (χ2v) is 6.75. The van der Waals surface area contributed by atoms with Crippen molar-refractivity contribution < 1.29 is 9.53 Å². The number of benzene rings is 2. The molecular formula is C23H22N2O2. The van der Waals surface area contributed by atoms with Gasteiger partial charge >= 0.3 is 6.09 Å². The minimum atomic E-state index is -0.279. The van der Waals surface area contributed by atoms with Crippen LogP contribution in [0, 0.1) is 0 Å². The molecular weight excluding hydrogens is 336 g/mol. The normalized spacial score (nSPS) is 19.0. The number of pyridine rings is 1. The third-order valence-corrected chi connectivity index (χ3v) is 5.05. The van der Waals surface area contributed by atoms with Gasteiger partial charge in [-0.1, -0.05) is 66.7 Å². The average Bonchev–Trinajstić information content (AvgIpc) is 3.19. The zero-order valence-electron chi connectivity index (χ0n) is 15.1. The van der Waals surface area contributed by atoms with E-state index in [0.717, 1.165) is 29.5 Å². The molecule has 4 nitrogen and oxygen atoms in total. The van der Waals surface area contributed by atoms with Crippen molar-refractivity contribution in [1.82, 2.24) is 9.88 Å². The Morgan fingerprint density at radius 2 is 1.52 bits per heavy atom. The van der Waals surface area contributed by atoms with Gasteiger partial charge in [0.2, 0.25) is 0 Å². The van der Waals surface area contributed by atoms with E-state index < -0.39 is 0 Å². The van der Waals surface area contributed by atoms with E-state index in [1.54, 1.807) is 6.20 Å². The van der Waals surface area contributed by atoms with Crippen LogP contribution in [0.15, 0.2) is 85.2 Å². The first-order valence-corrected chi connectivity index (χ1v) is 9.27. The van der Waals surface area contributed by atoms with Crippen LogP contribution in [0.2, 0.25) is 0 Å². The second-order valence-electron chi connectivity index (χ2n) is 6.75. The highest BCUT2D eigenvalue weighted by molar-refractivity contribution is 5.69. The molecule has 4 heteroatoms. The third-order valence-electron chi connectivity index (χ3n) is 5.05. The largest absolute Gasteiger partial charge is 0.445 e. The highest BCUT2D eigenvalue weighted by atomic mass is 16.6. The first-order chi connectivity index (χ1) is 13.3. The van der Waals surface area contributed by atoms with E-state index in [0.29, 0.717) is 0 Å². The fourth-order valence-electron chi connectivity index (χ4n) is 3.76. The Kier molecular flexibility index (Phi) is 5.15. The molecule has 2 atom stereocenters. The number of hydrogen-bond acceptors (Lipinski definition) is 3. The molecule has 4 rings (SSSR count). The maximum Gasteiger partial charge on any atom is 0.411 e. The molecule has 0 bridgehead atoms. The molecule has 0 unspecified atom stereocenters. The molecule has 1 fully saturated rings. The Labute approximate surface area is 159 Å². The summed E-state index contributed by atoms with van der Waals surface area (Å²) < 4.78 is 5.68. The average molecular weight is 358 g/mol. The quantitative estimate of drug-likeness (QED) is 0.636. The molecule has 1 aliphatic rings. The molecule has 1 aromatic heterocycles. The predicted molar refractivity (Wildman–Crippen MR) is 104 cm³/mol. The lowest BCUT2D eigenvalue weighted by Crippen LogP contribution is -2.33. The van der Waals surface area contributed by atoms with Crippen molar-refractivity contribution >= 4 is 6.09 Å². The maximum absolute atomic E-state index is 13.1. The van der Waals surface area contributed by atoms with Gasteiger partial charge < -0.3 is 4.74 Å². The van der Waals surface area contributed by atoms with E-state index in [-0.39, 0.29) is 24.8 Å². The number of aromatic nitrogens is 1. The summed E-state index contributed by atoms with van der Waals surface area (Å²) in [5, 5.41) is 0. The molecule has 1 amide bonds. The molecule has 27 heavy (non-hydrogen) atoms. The van der Waals surface area contributed by atoms with Crippen LogP contribution in [-0.2, 0) is 11.3 Å². The van der Waals surface area contributed by atoms with Crippen LogP contribution in [0.4, 0.5) is 4.79 Å². The lowest BCUT2D eigenvalue weighted by atomic mass is 10.0. The summed E-state index contributed by atoms with van der Waals surface area (Å²) in [5.41, 5.74) is 3.17. The molecule has 3 aromatic rings. The highest BCUT2D eigenvalue weighted by Gasteiger charge is 2.39. The molecule has 0 saturated carbocycles. The number of amides is 1. The van der Waals surface area contributed by atoms with Gasteiger partial charge in [-0.3, -0.25) is 9.88 Å². The smallest absolute Gasteiger partial charge is 0.411 e. The van der Waals surface area contributed by atoms with E-state index in [1.807, 2.05) is 71.8 Å². The first-order valence-electron chi connectivity index (χ1n) is 9.27. The Hall–Kier alpha value is -3.14. The Balaban J connectivity index is 1.58. The van der Waals surface area contributed by atoms with Crippen molar-refractivity contribution in [3.05, 3.63) is 102 Å². The SMILES string of the molecule is O=C(OCc1ccccc1)N1[C@@H](c2cccnc2)CC[C@H]1c1ccccc1. The third kappa shape index (κ3) is 3.85. The zero-order chi connectivity index (χ0) is 18.5. The molecule has 2 heterocycles. The van der Waals surface area contributed by atoms with Crippen LogP contribution in [0.25, 0.3) is 0 Å². The van der Waals surface area contributed by atoms with Gasteiger partial charge in [-0.2, -0.15) is 0 Å². The lowest BCUT2D eigenvalue weighted by molar-refractivity contribution is 0.0777. The van der Waals surface area contributed by atoms with Crippen LogP contribution in [0.5, 0.6) is 0 Å². The highest BCUT2D eigenvalue weighted by Crippen LogP contribution is 2.44. The van der Waals surface area contributed by atoms with E-state index >= 15 is 0 Å². The number of nitrogens with zero attached hydrogens (tertiary/aromatic N) is 2. The lowest BCUT2D eigenvalue weighted by Gasteiger charge is -2.30. The summed E-state index contributed by atoms with van der Waals surface area (Å²) in [6.45, 7) is 0.275. The minimum Gasteiger partial charge on any atom is -0.445 e. The monoisotopic (exact) mass is 358 g/mol. The molecule has 0 N–H and O–H groups in total. The van der Waals surface area contributed by atoms with Crippen molar-refractivity contribution in [3.63, 3.8) is 0 Å². The number of likely N-dealkylation sites (tertiary alicyclic amines) is 1. The maximum atomic E-state index is 13.1. The van der Waals surface area contributed by atoms with Crippen molar-refractivity contribution in [1.29, 1.82) is 0 Å². The molecule has 0 aliphatic carbocycles. The molecule has 2 aromatic carbocycles. The number of ether oxygens (including phenoxy) is 1. The molecule has 136 valence electrons. The minimum absolute atomic E-state index is 0.0136.